The van der Waals surface area contributed by atoms with Gasteiger partial charge in [0, 0.05) is 18.7 Å². The molecule has 2 N–H and O–H groups in total. The molecule has 2 fully saturated rings. The second-order valence-corrected chi connectivity index (χ2v) is 8.13. The van der Waals surface area contributed by atoms with Gasteiger partial charge in [0.1, 0.15) is 5.69 Å². The lowest BCUT2D eigenvalue weighted by molar-refractivity contribution is -0.384. The number of nitro benzene ring substituents is 1. The van der Waals surface area contributed by atoms with Crippen LogP contribution in [0.2, 0.25) is 0 Å². The molecule has 0 aliphatic heterocycles. The summed E-state index contributed by atoms with van der Waals surface area (Å²) in [6.45, 7) is 1.90. The van der Waals surface area contributed by atoms with E-state index in [1.165, 1.54) is 31.4 Å². The summed E-state index contributed by atoms with van der Waals surface area (Å²) in [6, 6.07) is 4.31. The fraction of sp³-hybridized carbons (Fsp3) is 0.600. The molecule has 126 valence electrons. The molecule has 0 saturated heterocycles. The number of nitro groups is 1. The highest BCUT2D eigenvalue weighted by atomic mass is 32.2. The van der Waals surface area contributed by atoms with Crippen LogP contribution in [0.5, 0.6) is 0 Å². The molecular formula is C15H21N3O4S. The fourth-order valence-corrected chi connectivity index (χ4v) is 4.91. The Kier molecular flexibility index (Phi) is 4.29. The third kappa shape index (κ3) is 3.18. The average molecular weight is 339 g/mol. The first-order chi connectivity index (χ1) is 10.9. The van der Waals surface area contributed by atoms with Crippen LogP contribution in [0.3, 0.4) is 0 Å². The number of sulfonamides is 1. The molecule has 0 heterocycles. The second-order valence-electron chi connectivity index (χ2n) is 6.36. The van der Waals surface area contributed by atoms with Crippen LogP contribution in [0.15, 0.2) is 23.1 Å². The SMILES string of the molecule is CCNS(=O)(=O)c1ccc(NC2CC3CCC2C3)c([N+](=O)[O-])c1. The van der Waals surface area contributed by atoms with Crippen LogP contribution in [0.25, 0.3) is 0 Å². The molecule has 0 aromatic heterocycles. The van der Waals surface area contributed by atoms with Crippen molar-refractivity contribution in [2.45, 2.75) is 43.5 Å². The first-order valence-electron chi connectivity index (χ1n) is 7.95. The Morgan fingerprint density at radius 2 is 2.09 bits per heavy atom. The molecule has 1 aromatic rings. The highest BCUT2D eigenvalue weighted by Gasteiger charge is 2.40. The molecule has 8 heteroatoms. The van der Waals surface area contributed by atoms with Crippen molar-refractivity contribution >= 4 is 21.4 Å². The standard InChI is InChI=1S/C15H21N3O4S/c1-2-16-23(21,22)12-5-6-13(15(9-12)18(19)20)17-14-8-10-3-4-11(14)7-10/h5-6,9-11,14,16-17H,2-4,7-8H2,1H3. The molecule has 23 heavy (non-hydrogen) atoms. The minimum absolute atomic E-state index is 0.0791. The topological polar surface area (TPSA) is 101 Å². The van der Waals surface area contributed by atoms with Gasteiger partial charge in [-0.25, -0.2) is 13.1 Å². The Morgan fingerprint density at radius 1 is 1.30 bits per heavy atom. The zero-order valence-electron chi connectivity index (χ0n) is 13.0. The number of fused-ring (bicyclic) bond motifs is 2. The van der Waals surface area contributed by atoms with Gasteiger partial charge < -0.3 is 5.32 Å². The highest BCUT2D eigenvalue weighted by Crippen LogP contribution is 2.46. The molecule has 2 aliphatic carbocycles. The van der Waals surface area contributed by atoms with Crippen LogP contribution < -0.4 is 10.0 Å². The number of rotatable bonds is 6. The van der Waals surface area contributed by atoms with Gasteiger partial charge in [-0.05, 0) is 43.2 Å². The van der Waals surface area contributed by atoms with E-state index in [1.54, 1.807) is 6.92 Å². The third-order valence-electron chi connectivity index (χ3n) is 4.89. The summed E-state index contributed by atoms with van der Waals surface area (Å²) in [5.41, 5.74) is 0.217. The normalized spacial score (nSPS) is 26.4. The van der Waals surface area contributed by atoms with Gasteiger partial charge in [0.25, 0.3) is 5.69 Å². The predicted octanol–water partition coefficient (Wildman–Crippen LogP) is 2.49. The number of hydrogen-bond donors (Lipinski definition) is 2. The summed E-state index contributed by atoms with van der Waals surface area (Å²) in [4.78, 5) is 10.7. The van der Waals surface area contributed by atoms with E-state index in [-0.39, 0.29) is 23.2 Å². The third-order valence-corrected chi connectivity index (χ3v) is 6.43. The Balaban J connectivity index is 1.87. The van der Waals surface area contributed by atoms with Gasteiger partial charge >= 0.3 is 0 Å². The zero-order chi connectivity index (χ0) is 16.6. The van der Waals surface area contributed by atoms with Crippen LogP contribution in [-0.4, -0.2) is 25.9 Å². The molecule has 3 rings (SSSR count). The molecule has 2 bridgehead atoms. The quantitative estimate of drug-likeness (QED) is 0.612. The molecule has 2 aliphatic rings. The Hall–Kier alpha value is -1.67. The molecule has 0 radical (unpaired) electrons. The smallest absolute Gasteiger partial charge is 0.293 e. The van der Waals surface area contributed by atoms with Crippen LogP contribution >= 0.6 is 0 Å². The van der Waals surface area contributed by atoms with Crippen LogP contribution in [0.4, 0.5) is 11.4 Å². The van der Waals surface area contributed by atoms with Crippen molar-refractivity contribution in [1.29, 1.82) is 0 Å². The molecule has 0 amide bonds. The number of nitrogens with zero attached hydrogens (tertiary/aromatic N) is 1. The molecule has 0 spiro atoms. The van der Waals surface area contributed by atoms with Gasteiger partial charge in [0.05, 0.1) is 9.82 Å². The van der Waals surface area contributed by atoms with E-state index in [1.807, 2.05) is 0 Å². The lowest BCUT2D eigenvalue weighted by atomic mass is 9.95. The second kappa shape index (κ2) is 6.09. The van der Waals surface area contributed by atoms with E-state index < -0.39 is 14.9 Å². The van der Waals surface area contributed by atoms with Crippen molar-refractivity contribution in [3.8, 4) is 0 Å². The minimum Gasteiger partial charge on any atom is -0.376 e. The molecule has 1 aromatic carbocycles. The summed E-state index contributed by atoms with van der Waals surface area (Å²) < 4.78 is 26.4. The number of anilines is 1. The zero-order valence-corrected chi connectivity index (χ0v) is 13.8. The van der Waals surface area contributed by atoms with E-state index in [9.17, 15) is 18.5 Å². The minimum atomic E-state index is -3.70. The molecular weight excluding hydrogens is 318 g/mol. The number of nitrogens with one attached hydrogen (secondary N) is 2. The lowest BCUT2D eigenvalue weighted by Gasteiger charge is -2.24. The van der Waals surface area contributed by atoms with E-state index in [0.717, 1.165) is 18.4 Å². The summed E-state index contributed by atoms with van der Waals surface area (Å²) in [5.74, 6) is 1.30. The lowest BCUT2D eigenvalue weighted by Crippen LogP contribution is -2.26. The van der Waals surface area contributed by atoms with E-state index in [4.69, 9.17) is 0 Å². The fourth-order valence-electron chi connectivity index (χ4n) is 3.85. The Morgan fingerprint density at radius 3 is 2.65 bits per heavy atom. The van der Waals surface area contributed by atoms with Gasteiger partial charge in [-0.2, -0.15) is 0 Å². The van der Waals surface area contributed by atoms with Crippen molar-refractivity contribution in [1.82, 2.24) is 4.72 Å². The molecule has 3 atom stereocenters. The monoisotopic (exact) mass is 339 g/mol. The van der Waals surface area contributed by atoms with Crippen LogP contribution in [0.1, 0.15) is 32.6 Å². The number of hydrogen-bond acceptors (Lipinski definition) is 5. The van der Waals surface area contributed by atoms with Crippen molar-refractivity contribution in [2.75, 3.05) is 11.9 Å². The van der Waals surface area contributed by atoms with Gasteiger partial charge in [0.15, 0.2) is 0 Å². The van der Waals surface area contributed by atoms with Crippen LogP contribution in [0, 0.1) is 22.0 Å². The maximum absolute atomic E-state index is 12.0. The van der Waals surface area contributed by atoms with Gasteiger partial charge in [-0.3, -0.25) is 10.1 Å². The van der Waals surface area contributed by atoms with Crippen molar-refractivity contribution in [3.63, 3.8) is 0 Å². The van der Waals surface area contributed by atoms with Crippen molar-refractivity contribution in [3.05, 3.63) is 28.3 Å². The summed E-state index contributed by atoms with van der Waals surface area (Å²) in [6.07, 6.45) is 4.66. The largest absolute Gasteiger partial charge is 0.376 e. The maximum atomic E-state index is 12.0. The van der Waals surface area contributed by atoms with Gasteiger partial charge in [-0.15, -0.1) is 0 Å². The Bertz CT molecular complexity index is 719. The first-order valence-corrected chi connectivity index (χ1v) is 9.43. The van der Waals surface area contributed by atoms with Gasteiger partial charge in [0.2, 0.25) is 10.0 Å². The first kappa shape index (κ1) is 16.2. The van der Waals surface area contributed by atoms with Gasteiger partial charge in [-0.1, -0.05) is 13.3 Å². The number of benzene rings is 1. The predicted molar refractivity (Wildman–Crippen MR) is 86.8 cm³/mol. The summed E-state index contributed by atoms with van der Waals surface area (Å²) in [7, 11) is -3.70. The summed E-state index contributed by atoms with van der Waals surface area (Å²) >= 11 is 0. The van der Waals surface area contributed by atoms with Crippen LogP contribution in [-0.2, 0) is 10.0 Å². The molecule has 2 saturated carbocycles. The van der Waals surface area contributed by atoms with Crippen molar-refractivity contribution < 1.29 is 13.3 Å². The molecule has 3 unspecified atom stereocenters. The van der Waals surface area contributed by atoms with E-state index >= 15 is 0 Å². The highest BCUT2D eigenvalue weighted by molar-refractivity contribution is 7.89. The Labute approximate surface area is 135 Å². The summed E-state index contributed by atoms with van der Waals surface area (Å²) in [5, 5.41) is 14.6. The molecule has 7 nitrogen and oxygen atoms in total. The van der Waals surface area contributed by atoms with Crippen molar-refractivity contribution in [2.24, 2.45) is 11.8 Å². The average Bonchev–Trinajstić information content (AvgIpc) is 3.09. The van der Waals surface area contributed by atoms with E-state index in [2.05, 4.69) is 10.0 Å². The maximum Gasteiger partial charge on any atom is 0.293 e. The van der Waals surface area contributed by atoms with E-state index in [0.29, 0.717) is 11.6 Å².